The number of anilines is 1. The fourth-order valence-corrected chi connectivity index (χ4v) is 4.54. The number of carbonyl (C=O) groups is 2. The molecule has 1 aromatic heterocycles. The minimum absolute atomic E-state index is 0.0128. The summed E-state index contributed by atoms with van der Waals surface area (Å²) in [6, 6.07) is 2.93. The number of halogens is 1. The molecule has 2 amide bonds. The first-order chi connectivity index (χ1) is 15.4. The Morgan fingerprint density at radius 1 is 1.03 bits per heavy atom. The van der Waals surface area contributed by atoms with Gasteiger partial charge in [-0.3, -0.25) is 19.8 Å². The highest BCUT2D eigenvalue weighted by Gasteiger charge is 2.24. The van der Waals surface area contributed by atoms with Gasteiger partial charge in [-0.2, -0.15) is 0 Å². The third-order valence-corrected chi connectivity index (χ3v) is 6.42. The summed E-state index contributed by atoms with van der Waals surface area (Å²) in [4.78, 5) is 41.2. The van der Waals surface area contributed by atoms with Crippen molar-refractivity contribution < 1.29 is 14.0 Å². The fraction of sp³-hybridized carbons (Fsp3) is 0.522. The predicted molar refractivity (Wildman–Crippen MR) is 121 cm³/mol. The maximum atomic E-state index is 15.1. The van der Waals surface area contributed by atoms with Crippen molar-refractivity contribution in [2.75, 3.05) is 44.2 Å². The van der Waals surface area contributed by atoms with Gasteiger partial charge in [-0.25, -0.2) is 9.40 Å². The van der Waals surface area contributed by atoms with Gasteiger partial charge in [0.15, 0.2) is 0 Å². The van der Waals surface area contributed by atoms with Crippen molar-refractivity contribution in [2.45, 2.75) is 39.7 Å². The molecule has 8 nitrogen and oxygen atoms in total. The molecule has 4 rings (SSSR count). The lowest BCUT2D eigenvalue weighted by atomic mass is 10.1. The number of hydrazine groups is 1. The summed E-state index contributed by atoms with van der Waals surface area (Å²) < 4.78 is 16.9. The Hall–Kier alpha value is -2.94. The molecule has 0 bridgehead atoms. The standard InChI is InChI=1S/C23H30FN5O3/c1-3-26-15-18(23(32)25-29-7-5-4-6-8-29)22(31)17-13-19(24)21(14-20(17)26)28-11-9-27(10-12-28)16(2)30/h13-15H,3-12H2,1-2H3,(H,25,32). The zero-order valence-electron chi connectivity index (χ0n) is 18.7. The number of piperazine rings is 1. The van der Waals surface area contributed by atoms with Crippen LogP contribution in [0.1, 0.15) is 43.5 Å². The van der Waals surface area contributed by atoms with E-state index < -0.39 is 17.2 Å². The van der Waals surface area contributed by atoms with Crippen molar-refractivity contribution in [1.82, 2.24) is 19.9 Å². The second-order valence-corrected chi connectivity index (χ2v) is 8.46. The molecule has 0 unspecified atom stereocenters. The Labute approximate surface area is 186 Å². The quantitative estimate of drug-likeness (QED) is 0.782. The van der Waals surface area contributed by atoms with E-state index in [-0.39, 0.29) is 16.9 Å². The molecule has 2 saturated heterocycles. The van der Waals surface area contributed by atoms with E-state index in [0.717, 1.165) is 32.4 Å². The molecule has 2 fully saturated rings. The number of nitrogens with zero attached hydrogens (tertiary/aromatic N) is 4. The van der Waals surface area contributed by atoms with E-state index in [1.54, 1.807) is 17.2 Å². The first-order valence-electron chi connectivity index (χ1n) is 11.3. The first kappa shape index (κ1) is 22.3. The third-order valence-electron chi connectivity index (χ3n) is 6.42. The van der Waals surface area contributed by atoms with Crippen LogP contribution in [0.25, 0.3) is 10.9 Å². The van der Waals surface area contributed by atoms with Crippen LogP contribution in [0, 0.1) is 5.82 Å². The molecule has 0 radical (unpaired) electrons. The number of nitrogens with one attached hydrogen (secondary N) is 1. The van der Waals surface area contributed by atoms with E-state index in [4.69, 9.17) is 0 Å². The average molecular weight is 444 g/mol. The van der Waals surface area contributed by atoms with E-state index in [2.05, 4.69) is 5.43 Å². The van der Waals surface area contributed by atoms with Crippen molar-refractivity contribution in [3.8, 4) is 0 Å². The maximum absolute atomic E-state index is 15.1. The van der Waals surface area contributed by atoms with Crippen molar-refractivity contribution in [1.29, 1.82) is 0 Å². The highest BCUT2D eigenvalue weighted by Crippen LogP contribution is 2.26. The first-order valence-corrected chi connectivity index (χ1v) is 11.3. The summed E-state index contributed by atoms with van der Waals surface area (Å²) in [6.07, 6.45) is 4.72. The molecule has 9 heteroatoms. The second kappa shape index (κ2) is 9.28. The lowest BCUT2D eigenvalue weighted by molar-refractivity contribution is -0.129. The van der Waals surface area contributed by atoms with Crippen molar-refractivity contribution >= 4 is 28.4 Å². The van der Waals surface area contributed by atoms with Crippen molar-refractivity contribution in [2.24, 2.45) is 0 Å². The minimum atomic E-state index is -0.498. The fourth-order valence-electron chi connectivity index (χ4n) is 4.54. The summed E-state index contributed by atoms with van der Waals surface area (Å²) >= 11 is 0. The van der Waals surface area contributed by atoms with E-state index in [9.17, 15) is 14.4 Å². The molecule has 0 spiro atoms. The van der Waals surface area contributed by atoms with E-state index >= 15 is 4.39 Å². The molecule has 32 heavy (non-hydrogen) atoms. The second-order valence-electron chi connectivity index (χ2n) is 8.46. The predicted octanol–water partition coefficient (Wildman–Crippen LogP) is 1.96. The van der Waals surface area contributed by atoms with Gasteiger partial charge in [0.2, 0.25) is 11.3 Å². The normalized spacial score (nSPS) is 17.6. The van der Waals surface area contributed by atoms with Crippen LogP contribution in [0.4, 0.5) is 10.1 Å². The number of aromatic nitrogens is 1. The lowest BCUT2D eigenvalue weighted by Gasteiger charge is -2.36. The lowest BCUT2D eigenvalue weighted by Crippen LogP contribution is -2.48. The van der Waals surface area contributed by atoms with Gasteiger partial charge >= 0.3 is 0 Å². The Balaban J connectivity index is 1.67. The van der Waals surface area contributed by atoms with Crippen molar-refractivity contribution in [3.05, 3.63) is 39.9 Å². The zero-order chi connectivity index (χ0) is 22.8. The van der Waals surface area contributed by atoms with Crippen LogP contribution < -0.4 is 15.8 Å². The number of benzene rings is 1. The van der Waals surface area contributed by atoms with Crippen LogP contribution >= 0.6 is 0 Å². The Kier molecular flexibility index (Phi) is 6.45. The molecule has 0 aliphatic carbocycles. The Morgan fingerprint density at radius 3 is 2.34 bits per heavy atom. The van der Waals surface area contributed by atoms with Crippen molar-refractivity contribution in [3.63, 3.8) is 0 Å². The summed E-state index contributed by atoms with van der Waals surface area (Å²) in [5, 5.41) is 2.04. The topological polar surface area (TPSA) is 77.9 Å². The SMILES string of the molecule is CCn1cc(C(=O)NN2CCCCC2)c(=O)c2cc(F)c(N3CCN(C(C)=O)CC3)cc21. The monoisotopic (exact) mass is 443 g/mol. The molecule has 2 aliphatic rings. The van der Waals surface area contributed by atoms with E-state index in [1.807, 2.05) is 21.4 Å². The number of pyridine rings is 1. The number of amides is 2. The van der Waals surface area contributed by atoms with Gasteiger partial charge in [0.05, 0.1) is 11.2 Å². The van der Waals surface area contributed by atoms with E-state index in [1.165, 1.54) is 13.0 Å². The molecule has 0 saturated carbocycles. The molecule has 0 atom stereocenters. The van der Waals surface area contributed by atoms with E-state index in [0.29, 0.717) is 43.9 Å². The summed E-state index contributed by atoms with van der Waals surface area (Å²) in [5.74, 6) is -0.938. The molecule has 1 aromatic carbocycles. The largest absolute Gasteiger partial charge is 0.366 e. The zero-order valence-corrected chi connectivity index (χ0v) is 18.7. The number of carbonyl (C=O) groups excluding carboxylic acids is 2. The Morgan fingerprint density at radius 2 is 1.72 bits per heavy atom. The van der Waals surface area contributed by atoms with Gasteiger partial charge in [-0.1, -0.05) is 6.42 Å². The molecular weight excluding hydrogens is 413 g/mol. The average Bonchev–Trinajstić information content (AvgIpc) is 2.80. The molecule has 3 heterocycles. The molecule has 1 N–H and O–H groups in total. The van der Waals surface area contributed by atoms with Gasteiger partial charge in [0.25, 0.3) is 5.91 Å². The number of aryl methyl sites for hydroxylation is 1. The van der Waals surface area contributed by atoms with Gasteiger partial charge in [0, 0.05) is 64.3 Å². The van der Waals surface area contributed by atoms with Crippen LogP contribution in [0.15, 0.2) is 23.1 Å². The number of hydrogen-bond donors (Lipinski definition) is 1. The highest BCUT2D eigenvalue weighted by molar-refractivity contribution is 5.97. The molecule has 2 aliphatic heterocycles. The van der Waals surface area contributed by atoms with Crippen LogP contribution in [0.2, 0.25) is 0 Å². The van der Waals surface area contributed by atoms with Gasteiger partial charge in [-0.15, -0.1) is 0 Å². The Bertz CT molecular complexity index is 1090. The molecule has 172 valence electrons. The smallest absolute Gasteiger partial charge is 0.271 e. The number of fused-ring (bicyclic) bond motifs is 1. The minimum Gasteiger partial charge on any atom is -0.366 e. The number of piperidine rings is 1. The van der Waals surface area contributed by atoms with Gasteiger partial charge < -0.3 is 14.4 Å². The maximum Gasteiger partial charge on any atom is 0.271 e. The number of rotatable bonds is 4. The third kappa shape index (κ3) is 4.34. The van der Waals surface area contributed by atoms with Gasteiger partial charge in [0.1, 0.15) is 11.4 Å². The molecular formula is C23H30FN5O3. The highest BCUT2D eigenvalue weighted by atomic mass is 19.1. The summed E-state index contributed by atoms with van der Waals surface area (Å²) in [6.45, 7) is 7.61. The van der Waals surface area contributed by atoms with Crippen LogP contribution in [0.5, 0.6) is 0 Å². The summed E-state index contributed by atoms with van der Waals surface area (Å²) in [7, 11) is 0. The van der Waals surface area contributed by atoms with Crippen LogP contribution in [0.3, 0.4) is 0 Å². The number of hydrogen-bond acceptors (Lipinski definition) is 5. The van der Waals surface area contributed by atoms with Gasteiger partial charge in [-0.05, 0) is 31.9 Å². The molecule has 2 aromatic rings. The van der Waals surface area contributed by atoms with Crippen LogP contribution in [-0.2, 0) is 11.3 Å². The summed E-state index contributed by atoms with van der Waals surface area (Å²) in [5.41, 5.74) is 3.39. The van der Waals surface area contributed by atoms with Crippen LogP contribution in [-0.4, -0.2) is 65.6 Å².